The van der Waals surface area contributed by atoms with Gasteiger partial charge in [-0.2, -0.15) is 23.3 Å². The molecule has 1 aliphatic carbocycles. The molecule has 2 aromatic carbocycles. The largest absolute Gasteiger partial charge is 0.481 e. The molecule has 1 amide bonds. The summed E-state index contributed by atoms with van der Waals surface area (Å²) in [5.74, 6) is 1.53. The molecule has 13 heteroatoms. The van der Waals surface area contributed by atoms with Crippen molar-refractivity contribution < 1.29 is 22.7 Å². The van der Waals surface area contributed by atoms with E-state index in [1.54, 1.807) is 6.20 Å². The lowest BCUT2D eigenvalue weighted by molar-refractivity contribution is -0.153. The minimum atomic E-state index is -4.56. The number of halogens is 3. The Labute approximate surface area is 306 Å². The van der Waals surface area contributed by atoms with Gasteiger partial charge in [-0.15, -0.1) is 6.58 Å². The number of ether oxygens (including phenoxy) is 1. The highest BCUT2D eigenvalue weighted by Crippen LogP contribution is 2.54. The van der Waals surface area contributed by atoms with Gasteiger partial charge in [-0.05, 0) is 92.8 Å². The van der Waals surface area contributed by atoms with E-state index in [2.05, 4.69) is 44.1 Å². The number of benzene rings is 2. The van der Waals surface area contributed by atoms with E-state index in [1.807, 2.05) is 30.0 Å². The first-order valence-electron chi connectivity index (χ1n) is 18.8. The fourth-order valence-electron chi connectivity index (χ4n) is 9.50. The maximum atomic E-state index is 14.1. The van der Waals surface area contributed by atoms with Gasteiger partial charge in [-0.3, -0.25) is 14.8 Å². The highest BCUT2D eigenvalue weighted by molar-refractivity contribution is 6.06. The highest BCUT2D eigenvalue weighted by atomic mass is 19.4. The lowest BCUT2D eigenvalue weighted by Gasteiger charge is -2.54. The smallest absolute Gasteiger partial charge is 0.422 e. The highest BCUT2D eigenvalue weighted by Gasteiger charge is 2.51. The van der Waals surface area contributed by atoms with Crippen molar-refractivity contribution in [1.82, 2.24) is 30.0 Å². The number of hydrogen-bond donors (Lipinski definition) is 1. The number of piperidine rings is 1. The molecular formula is C40H45F3N8O2. The molecule has 2 aromatic heterocycles. The van der Waals surface area contributed by atoms with Gasteiger partial charge in [0.05, 0.1) is 17.3 Å². The molecule has 9 rings (SSSR count). The van der Waals surface area contributed by atoms with Crippen molar-refractivity contribution in [1.29, 1.82) is 0 Å². The van der Waals surface area contributed by atoms with E-state index in [1.165, 1.54) is 6.08 Å². The van der Waals surface area contributed by atoms with Crippen molar-refractivity contribution in [3.63, 3.8) is 0 Å². The van der Waals surface area contributed by atoms with Crippen molar-refractivity contribution in [3.05, 3.63) is 60.8 Å². The zero-order valence-electron chi connectivity index (χ0n) is 30.1. The van der Waals surface area contributed by atoms with Gasteiger partial charge in [0, 0.05) is 67.6 Å². The van der Waals surface area contributed by atoms with E-state index in [-0.39, 0.29) is 28.5 Å². The number of aromatic nitrogens is 4. The molecule has 5 aliphatic rings. The Bertz CT molecular complexity index is 2120. The predicted octanol–water partition coefficient (Wildman–Crippen LogP) is 6.76. The van der Waals surface area contributed by atoms with Gasteiger partial charge in [0.2, 0.25) is 11.9 Å². The second-order valence-electron chi connectivity index (χ2n) is 16.0. The summed E-state index contributed by atoms with van der Waals surface area (Å²) in [4.78, 5) is 31.5. The van der Waals surface area contributed by atoms with Gasteiger partial charge in [0.25, 0.3) is 0 Å². The Morgan fingerprint density at radius 2 is 1.79 bits per heavy atom. The molecule has 2 spiro atoms. The minimum absolute atomic E-state index is 0.00773. The van der Waals surface area contributed by atoms with Gasteiger partial charge < -0.3 is 19.4 Å². The van der Waals surface area contributed by atoms with E-state index in [9.17, 15) is 18.0 Å². The van der Waals surface area contributed by atoms with Crippen LogP contribution in [0.25, 0.3) is 32.9 Å². The number of amides is 1. The zero-order chi connectivity index (χ0) is 36.7. The van der Waals surface area contributed by atoms with Crippen LogP contribution in [0.5, 0.6) is 5.75 Å². The number of hydrogen-bond acceptors (Lipinski definition) is 8. The van der Waals surface area contributed by atoms with Crippen LogP contribution in [0.3, 0.4) is 0 Å². The number of H-pyrrole nitrogens is 1. The van der Waals surface area contributed by atoms with Gasteiger partial charge in [-0.25, -0.2) is 4.98 Å². The van der Waals surface area contributed by atoms with Crippen molar-refractivity contribution >= 4 is 39.5 Å². The molecule has 1 N–H and O–H groups in total. The van der Waals surface area contributed by atoms with Gasteiger partial charge in [-0.1, -0.05) is 18.7 Å². The first-order chi connectivity index (χ1) is 25.5. The van der Waals surface area contributed by atoms with E-state index >= 15 is 0 Å². The molecule has 4 saturated heterocycles. The monoisotopic (exact) mass is 726 g/mol. The summed E-state index contributed by atoms with van der Waals surface area (Å²) in [6.07, 6.45) is 6.33. The lowest BCUT2D eigenvalue weighted by atomic mass is 9.72. The van der Waals surface area contributed by atoms with Gasteiger partial charge >= 0.3 is 6.18 Å². The molecule has 53 heavy (non-hydrogen) atoms. The average molecular weight is 727 g/mol. The van der Waals surface area contributed by atoms with Crippen LogP contribution in [0.1, 0.15) is 55.6 Å². The number of carbonyl (C=O) groups excluding carboxylic acids is 1. The van der Waals surface area contributed by atoms with Gasteiger partial charge in [0.1, 0.15) is 11.3 Å². The number of rotatable bonds is 9. The van der Waals surface area contributed by atoms with Crippen LogP contribution < -0.4 is 14.5 Å². The third-order valence-electron chi connectivity index (χ3n) is 12.4. The lowest BCUT2D eigenvalue weighted by Crippen LogP contribution is -2.68. The van der Waals surface area contributed by atoms with Crippen molar-refractivity contribution in [2.75, 3.05) is 68.8 Å². The van der Waals surface area contributed by atoms with E-state index in [0.717, 1.165) is 98.1 Å². The Hall–Kier alpha value is -4.65. The molecule has 6 heterocycles. The Kier molecular flexibility index (Phi) is 8.03. The zero-order valence-corrected chi connectivity index (χ0v) is 30.1. The number of fused-ring (bicyclic) bond motifs is 2. The van der Waals surface area contributed by atoms with E-state index in [4.69, 9.17) is 14.7 Å². The van der Waals surface area contributed by atoms with Crippen LogP contribution in [0.4, 0.5) is 24.9 Å². The van der Waals surface area contributed by atoms with Crippen molar-refractivity contribution in [3.8, 4) is 16.9 Å². The summed E-state index contributed by atoms with van der Waals surface area (Å²) < 4.78 is 48.4. The molecule has 1 saturated carbocycles. The molecule has 0 unspecified atom stereocenters. The SMILES string of the molecule is C=CCN1CCCC12CN(c1nc(N3CCC4(CC3)CN(C(=O)C=C)C4)c3cc(C4CC4)c(-c4c(C)ccc5[nH]ncc45)c(OCC(F)(F)F)c3n1)C2. The number of aryl methyl sites for hydroxylation is 1. The standard InChI is InChI=1S/C40H45F3N8O2/c1-4-14-51-15-6-11-39(51)22-50(23-39)37-45-34-28(36(46-37)48-16-12-38(13-17-48)20-49(21-38)31(52)5-2)18-27(26-8-9-26)33(35(34)53-24-40(41,42)43)32-25(3)7-10-30-29(32)19-44-47-30/h4-5,7,10,18-19,26H,1-2,6,8-9,11-17,20-24H2,3H3,(H,44,47). The Morgan fingerprint density at radius 3 is 2.49 bits per heavy atom. The quantitative estimate of drug-likeness (QED) is 0.150. The van der Waals surface area contributed by atoms with E-state index < -0.39 is 12.8 Å². The Morgan fingerprint density at radius 1 is 1.02 bits per heavy atom. The third kappa shape index (κ3) is 5.82. The summed E-state index contributed by atoms with van der Waals surface area (Å²) in [6.45, 7) is 14.3. The van der Waals surface area contributed by atoms with Crippen LogP contribution in [0.2, 0.25) is 0 Å². The Balaban J connectivity index is 1.20. The summed E-state index contributed by atoms with van der Waals surface area (Å²) in [5, 5.41) is 8.89. The number of carbonyl (C=O) groups is 1. The average Bonchev–Trinajstić information content (AvgIpc) is 3.70. The second kappa shape index (κ2) is 12.5. The normalized spacial score (nSPS) is 21.0. The number of aromatic amines is 1. The summed E-state index contributed by atoms with van der Waals surface area (Å²) in [7, 11) is 0. The van der Waals surface area contributed by atoms with Crippen LogP contribution >= 0.6 is 0 Å². The third-order valence-corrected chi connectivity index (χ3v) is 12.4. The second-order valence-corrected chi connectivity index (χ2v) is 16.0. The molecule has 0 bridgehead atoms. The molecule has 4 aliphatic heterocycles. The van der Waals surface area contributed by atoms with Gasteiger partial charge in [0.15, 0.2) is 12.4 Å². The minimum Gasteiger partial charge on any atom is -0.481 e. The number of likely N-dealkylation sites (tertiary alicyclic amines) is 2. The van der Waals surface area contributed by atoms with Crippen LogP contribution in [-0.2, 0) is 4.79 Å². The van der Waals surface area contributed by atoms with Crippen molar-refractivity contribution in [2.24, 2.45) is 5.41 Å². The molecule has 10 nitrogen and oxygen atoms in total. The maximum Gasteiger partial charge on any atom is 0.422 e. The molecule has 5 fully saturated rings. The summed E-state index contributed by atoms with van der Waals surface area (Å²) in [6, 6.07) is 6.06. The molecule has 0 atom stereocenters. The molecule has 0 radical (unpaired) electrons. The van der Waals surface area contributed by atoms with E-state index in [0.29, 0.717) is 48.6 Å². The van der Waals surface area contributed by atoms with Crippen LogP contribution in [0.15, 0.2) is 49.7 Å². The first kappa shape index (κ1) is 34.1. The maximum absolute atomic E-state index is 14.1. The first-order valence-corrected chi connectivity index (χ1v) is 18.8. The number of anilines is 2. The van der Waals surface area contributed by atoms with Crippen LogP contribution in [0, 0.1) is 12.3 Å². The fourth-order valence-corrected chi connectivity index (χ4v) is 9.50. The number of nitrogens with one attached hydrogen (secondary N) is 1. The molecule has 4 aromatic rings. The summed E-state index contributed by atoms with van der Waals surface area (Å²) in [5.41, 5.74) is 4.62. The molecular weight excluding hydrogens is 681 g/mol. The number of alkyl halides is 3. The fraction of sp³-hybridized carbons (Fsp3) is 0.500. The predicted molar refractivity (Wildman–Crippen MR) is 199 cm³/mol. The van der Waals surface area contributed by atoms with Crippen molar-refractivity contribution in [2.45, 2.75) is 63.1 Å². The topological polar surface area (TPSA) is 93.7 Å². The number of nitrogens with zero attached hydrogens (tertiary/aromatic N) is 7. The van der Waals surface area contributed by atoms with Crippen LogP contribution in [-0.4, -0.2) is 107 Å². The molecule has 278 valence electrons. The summed E-state index contributed by atoms with van der Waals surface area (Å²) >= 11 is 0.